The maximum absolute atomic E-state index is 4.60. The Morgan fingerprint density at radius 2 is 2.20 bits per heavy atom. The molecule has 0 radical (unpaired) electrons. The van der Waals surface area contributed by atoms with Gasteiger partial charge in [-0.2, -0.15) is 4.98 Å². The highest BCUT2D eigenvalue weighted by Gasteiger charge is 2.37. The molecule has 2 atom stereocenters. The summed E-state index contributed by atoms with van der Waals surface area (Å²) in [6, 6.07) is 3.30. The van der Waals surface area contributed by atoms with E-state index in [-0.39, 0.29) is 0 Å². The third kappa shape index (κ3) is 2.87. The van der Waals surface area contributed by atoms with Gasteiger partial charge in [0, 0.05) is 36.9 Å². The zero-order valence-electron chi connectivity index (χ0n) is 12.5. The van der Waals surface area contributed by atoms with Crippen LogP contribution in [0, 0.1) is 6.92 Å². The van der Waals surface area contributed by atoms with E-state index in [1.165, 1.54) is 32.4 Å². The first-order chi connectivity index (χ1) is 9.76. The van der Waals surface area contributed by atoms with Crippen LogP contribution in [0.5, 0.6) is 0 Å². The van der Waals surface area contributed by atoms with E-state index >= 15 is 0 Å². The van der Waals surface area contributed by atoms with E-state index in [4.69, 9.17) is 0 Å². The maximum Gasteiger partial charge on any atom is 0.224 e. The van der Waals surface area contributed by atoms with Crippen molar-refractivity contribution in [2.75, 3.05) is 30.3 Å². The lowest BCUT2D eigenvalue weighted by Gasteiger charge is -2.22. The largest absolute Gasteiger partial charge is 0.366 e. The average molecular weight is 275 g/mol. The molecule has 5 heteroatoms. The molecule has 1 aromatic heterocycles. The first-order valence-corrected chi connectivity index (χ1v) is 7.86. The van der Waals surface area contributed by atoms with Gasteiger partial charge in [0.1, 0.15) is 5.82 Å². The van der Waals surface area contributed by atoms with Crippen molar-refractivity contribution >= 4 is 11.8 Å². The Hall–Kier alpha value is -1.36. The van der Waals surface area contributed by atoms with Crippen LogP contribution in [0.15, 0.2) is 6.07 Å². The van der Waals surface area contributed by atoms with Crippen molar-refractivity contribution < 1.29 is 0 Å². The molecule has 110 valence electrons. The van der Waals surface area contributed by atoms with Gasteiger partial charge in [0.2, 0.25) is 5.95 Å². The molecule has 2 N–H and O–H groups in total. The first kappa shape index (κ1) is 13.6. The number of rotatable bonds is 5. The number of nitrogens with one attached hydrogen (secondary N) is 2. The molecule has 3 heterocycles. The number of hydrogen-bond donors (Lipinski definition) is 2. The van der Waals surface area contributed by atoms with Crippen LogP contribution in [-0.2, 0) is 0 Å². The molecule has 0 amide bonds. The molecule has 20 heavy (non-hydrogen) atoms. The SMILES string of the molecule is CCCNc1nc(C)cc(NC2CCN3CCCC23)n1. The summed E-state index contributed by atoms with van der Waals surface area (Å²) in [7, 11) is 0. The van der Waals surface area contributed by atoms with Gasteiger partial charge in [-0.3, -0.25) is 4.90 Å². The van der Waals surface area contributed by atoms with Gasteiger partial charge in [0.05, 0.1) is 0 Å². The summed E-state index contributed by atoms with van der Waals surface area (Å²) in [5.74, 6) is 1.71. The van der Waals surface area contributed by atoms with Gasteiger partial charge in [-0.15, -0.1) is 0 Å². The van der Waals surface area contributed by atoms with Crippen molar-refractivity contribution in [2.45, 2.75) is 51.6 Å². The molecular formula is C15H25N5. The molecule has 0 spiro atoms. The van der Waals surface area contributed by atoms with E-state index in [2.05, 4.69) is 38.5 Å². The van der Waals surface area contributed by atoms with Gasteiger partial charge in [-0.05, 0) is 39.2 Å². The van der Waals surface area contributed by atoms with Crippen LogP contribution in [0.25, 0.3) is 0 Å². The normalized spacial score (nSPS) is 25.7. The third-order valence-electron chi connectivity index (χ3n) is 4.33. The van der Waals surface area contributed by atoms with E-state index in [1.54, 1.807) is 0 Å². The topological polar surface area (TPSA) is 53.1 Å². The fraction of sp³-hybridized carbons (Fsp3) is 0.733. The molecule has 0 bridgehead atoms. The summed E-state index contributed by atoms with van der Waals surface area (Å²) < 4.78 is 0. The second-order valence-electron chi connectivity index (χ2n) is 5.93. The maximum atomic E-state index is 4.60. The molecule has 2 aliphatic rings. The molecule has 1 aromatic rings. The average Bonchev–Trinajstić information content (AvgIpc) is 3.01. The lowest BCUT2D eigenvalue weighted by Crippen LogP contribution is -2.34. The Labute approximate surface area is 121 Å². The standard InChI is InChI=1S/C15H25N5/c1-3-7-16-15-17-11(2)10-14(19-15)18-12-6-9-20-8-4-5-13(12)20/h10,12-13H,3-9H2,1-2H3,(H2,16,17,18,19). The summed E-state index contributed by atoms with van der Waals surface area (Å²) in [5.41, 5.74) is 1.02. The fourth-order valence-electron chi connectivity index (χ4n) is 3.40. The molecule has 3 rings (SSSR count). The molecule has 0 aliphatic carbocycles. The van der Waals surface area contributed by atoms with Gasteiger partial charge in [0.15, 0.2) is 0 Å². The van der Waals surface area contributed by atoms with E-state index in [1.807, 2.05) is 6.92 Å². The summed E-state index contributed by atoms with van der Waals surface area (Å²) in [6.07, 6.45) is 4.97. The minimum atomic E-state index is 0.547. The first-order valence-electron chi connectivity index (χ1n) is 7.86. The second kappa shape index (κ2) is 5.95. The van der Waals surface area contributed by atoms with E-state index in [0.717, 1.165) is 30.4 Å². The molecule has 2 unspecified atom stereocenters. The summed E-state index contributed by atoms with van der Waals surface area (Å²) in [4.78, 5) is 11.6. The fourth-order valence-corrected chi connectivity index (χ4v) is 3.40. The molecule has 2 aliphatic heterocycles. The number of aryl methyl sites for hydroxylation is 1. The highest BCUT2D eigenvalue weighted by atomic mass is 15.3. The number of hydrogen-bond acceptors (Lipinski definition) is 5. The Morgan fingerprint density at radius 1 is 1.30 bits per heavy atom. The van der Waals surface area contributed by atoms with Crippen LogP contribution in [0.3, 0.4) is 0 Å². The van der Waals surface area contributed by atoms with E-state index < -0.39 is 0 Å². The number of anilines is 2. The lowest BCUT2D eigenvalue weighted by molar-refractivity contribution is 0.318. The molecular weight excluding hydrogens is 250 g/mol. The zero-order valence-corrected chi connectivity index (χ0v) is 12.5. The number of fused-ring (bicyclic) bond motifs is 1. The number of nitrogens with zero attached hydrogens (tertiary/aromatic N) is 3. The van der Waals surface area contributed by atoms with Crippen molar-refractivity contribution in [3.63, 3.8) is 0 Å². The van der Waals surface area contributed by atoms with E-state index in [9.17, 15) is 0 Å². The zero-order chi connectivity index (χ0) is 13.9. The Balaban J connectivity index is 1.68. The summed E-state index contributed by atoms with van der Waals surface area (Å²) in [5, 5.41) is 6.91. The summed E-state index contributed by atoms with van der Waals surface area (Å²) in [6.45, 7) is 7.60. The van der Waals surface area contributed by atoms with Crippen molar-refractivity contribution in [1.82, 2.24) is 14.9 Å². The predicted molar refractivity (Wildman–Crippen MR) is 82.2 cm³/mol. The van der Waals surface area contributed by atoms with Crippen LogP contribution in [0.2, 0.25) is 0 Å². The van der Waals surface area contributed by atoms with Crippen molar-refractivity contribution in [1.29, 1.82) is 0 Å². The molecule has 2 fully saturated rings. The molecule has 5 nitrogen and oxygen atoms in total. The van der Waals surface area contributed by atoms with Crippen LogP contribution in [0.4, 0.5) is 11.8 Å². The Kier molecular flexibility index (Phi) is 4.05. The predicted octanol–water partition coefficient (Wildman–Crippen LogP) is 2.26. The summed E-state index contributed by atoms with van der Waals surface area (Å²) >= 11 is 0. The van der Waals surface area contributed by atoms with Gasteiger partial charge in [-0.1, -0.05) is 6.92 Å². The van der Waals surface area contributed by atoms with Crippen LogP contribution >= 0.6 is 0 Å². The van der Waals surface area contributed by atoms with Crippen molar-refractivity contribution in [3.8, 4) is 0 Å². The van der Waals surface area contributed by atoms with Crippen LogP contribution in [0.1, 0.15) is 38.3 Å². The van der Waals surface area contributed by atoms with Crippen LogP contribution < -0.4 is 10.6 Å². The second-order valence-corrected chi connectivity index (χ2v) is 5.93. The monoisotopic (exact) mass is 275 g/mol. The van der Waals surface area contributed by atoms with Gasteiger partial charge in [0.25, 0.3) is 0 Å². The van der Waals surface area contributed by atoms with Gasteiger partial charge in [-0.25, -0.2) is 4.98 Å². The van der Waals surface area contributed by atoms with Gasteiger partial charge < -0.3 is 10.6 Å². The van der Waals surface area contributed by atoms with Crippen LogP contribution in [-0.4, -0.2) is 46.6 Å². The van der Waals surface area contributed by atoms with Crippen molar-refractivity contribution in [3.05, 3.63) is 11.8 Å². The highest BCUT2D eigenvalue weighted by molar-refractivity contribution is 5.43. The molecule has 0 saturated carbocycles. The van der Waals surface area contributed by atoms with E-state index in [0.29, 0.717) is 12.1 Å². The minimum absolute atomic E-state index is 0.547. The number of aromatic nitrogens is 2. The quantitative estimate of drug-likeness (QED) is 0.863. The Bertz CT molecular complexity index is 462. The minimum Gasteiger partial charge on any atom is -0.366 e. The third-order valence-corrected chi connectivity index (χ3v) is 4.33. The van der Waals surface area contributed by atoms with Crippen molar-refractivity contribution in [2.24, 2.45) is 0 Å². The lowest BCUT2D eigenvalue weighted by atomic mass is 10.1. The molecule has 0 aromatic carbocycles. The highest BCUT2D eigenvalue weighted by Crippen LogP contribution is 2.29. The smallest absolute Gasteiger partial charge is 0.224 e. The van der Waals surface area contributed by atoms with Gasteiger partial charge >= 0.3 is 0 Å². The molecule has 2 saturated heterocycles. The Morgan fingerprint density at radius 3 is 3.05 bits per heavy atom.